The lowest BCUT2D eigenvalue weighted by atomic mass is 10.2. The molecule has 0 spiro atoms. The lowest BCUT2D eigenvalue weighted by molar-refractivity contribution is -0.154. The maximum Gasteiger partial charge on any atom is 0.336 e. The van der Waals surface area contributed by atoms with E-state index in [0.29, 0.717) is 12.5 Å². The van der Waals surface area contributed by atoms with Gasteiger partial charge in [0.2, 0.25) is 5.95 Å². The van der Waals surface area contributed by atoms with Gasteiger partial charge in [-0.1, -0.05) is 0 Å². The third-order valence-corrected chi connectivity index (χ3v) is 3.97. The topological polar surface area (TPSA) is 86.5 Å². The fourth-order valence-corrected chi connectivity index (χ4v) is 2.64. The Morgan fingerprint density at radius 3 is 3.00 bits per heavy atom. The zero-order valence-electron chi connectivity index (χ0n) is 13.8. The molecule has 1 fully saturated rings. The third-order valence-electron chi connectivity index (χ3n) is 3.97. The maximum absolute atomic E-state index is 14.0. The number of halogens is 1. The Bertz CT molecular complexity index is 854. The molecule has 3 heterocycles. The van der Waals surface area contributed by atoms with Gasteiger partial charge >= 0.3 is 5.97 Å². The van der Waals surface area contributed by atoms with Crippen molar-refractivity contribution in [3.63, 3.8) is 0 Å². The Balaban J connectivity index is 2.00. The molecular formula is C16H17FN4O4. The molecule has 1 atom stereocenters. The molecule has 0 saturated carbocycles. The van der Waals surface area contributed by atoms with Gasteiger partial charge in [-0.15, -0.1) is 0 Å². The minimum atomic E-state index is -0.767. The molecule has 3 rings (SSSR count). The van der Waals surface area contributed by atoms with E-state index in [9.17, 15) is 14.0 Å². The first-order valence-corrected chi connectivity index (χ1v) is 7.63. The Morgan fingerprint density at radius 2 is 2.28 bits per heavy atom. The van der Waals surface area contributed by atoms with Gasteiger partial charge < -0.3 is 14.4 Å². The summed E-state index contributed by atoms with van der Waals surface area (Å²) in [6.07, 6.45) is 1.73. The second-order valence-electron chi connectivity index (χ2n) is 5.52. The number of hydrogen-bond donors (Lipinski definition) is 0. The summed E-state index contributed by atoms with van der Waals surface area (Å²) in [7, 11) is 2.85. The lowest BCUT2D eigenvalue weighted by Gasteiger charge is -2.33. The van der Waals surface area contributed by atoms with Crippen LogP contribution >= 0.6 is 0 Å². The Kier molecular flexibility index (Phi) is 4.75. The van der Waals surface area contributed by atoms with E-state index in [1.807, 2.05) is 0 Å². The minimum Gasteiger partial charge on any atom is -0.467 e. The number of methoxy groups -OCH3 is 1. The van der Waals surface area contributed by atoms with E-state index in [2.05, 4.69) is 9.97 Å². The molecule has 0 aromatic carbocycles. The monoisotopic (exact) mass is 348 g/mol. The molecule has 0 radical (unpaired) electrons. The number of ether oxygens (including phenoxy) is 2. The highest BCUT2D eigenvalue weighted by Gasteiger charge is 2.29. The molecule has 0 amide bonds. The molecule has 1 saturated heterocycles. The van der Waals surface area contributed by atoms with Crippen molar-refractivity contribution in [1.82, 2.24) is 14.5 Å². The van der Waals surface area contributed by atoms with E-state index in [1.54, 1.807) is 11.9 Å². The number of carbonyl (C=O) groups excluding carboxylic acids is 1. The van der Waals surface area contributed by atoms with Crippen molar-refractivity contribution >= 4 is 11.9 Å². The number of nitrogens with zero attached hydrogens (tertiary/aromatic N) is 4. The molecular weight excluding hydrogens is 331 g/mol. The summed E-state index contributed by atoms with van der Waals surface area (Å²) in [5.74, 6) is -0.731. The van der Waals surface area contributed by atoms with Crippen LogP contribution in [-0.2, 0) is 21.3 Å². The molecule has 8 nitrogen and oxygen atoms in total. The zero-order chi connectivity index (χ0) is 18.0. The highest BCUT2D eigenvalue weighted by molar-refractivity contribution is 5.75. The van der Waals surface area contributed by atoms with Crippen LogP contribution in [0.4, 0.5) is 10.3 Å². The van der Waals surface area contributed by atoms with Crippen LogP contribution in [0.3, 0.4) is 0 Å². The molecule has 25 heavy (non-hydrogen) atoms. The molecule has 0 aliphatic carbocycles. The SMILES string of the molecule is COC(=O)C1CN(c2nc(-c3ccncc3F)cc(=O)n2C)CCO1. The van der Waals surface area contributed by atoms with E-state index in [4.69, 9.17) is 9.47 Å². The number of morpholine rings is 1. The number of aromatic nitrogens is 3. The van der Waals surface area contributed by atoms with E-state index in [0.717, 1.165) is 6.20 Å². The summed E-state index contributed by atoms with van der Waals surface area (Å²) in [6.45, 7) is 0.911. The number of anilines is 1. The zero-order valence-corrected chi connectivity index (χ0v) is 13.8. The number of rotatable bonds is 3. The van der Waals surface area contributed by atoms with Gasteiger partial charge in [-0.05, 0) is 6.07 Å². The quantitative estimate of drug-likeness (QED) is 0.740. The van der Waals surface area contributed by atoms with Gasteiger partial charge in [0, 0.05) is 31.4 Å². The third kappa shape index (κ3) is 3.36. The first-order chi connectivity index (χ1) is 12.0. The summed E-state index contributed by atoms with van der Waals surface area (Å²) < 4.78 is 25.4. The van der Waals surface area contributed by atoms with Crippen molar-refractivity contribution in [2.75, 3.05) is 31.7 Å². The van der Waals surface area contributed by atoms with Crippen LogP contribution in [-0.4, -0.2) is 53.4 Å². The van der Waals surface area contributed by atoms with Crippen LogP contribution in [0.15, 0.2) is 29.3 Å². The number of carbonyl (C=O) groups is 1. The average Bonchev–Trinajstić information content (AvgIpc) is 2.63. The second-order valence-corrected chi connectivity index (χ2v) is 5.52. The first-order valence-electron chi connectivity index (χ1n) is 7.63. The van der Waals surface area contributed by atoms with Crippen molar-refractivity contribution in [3.8, 4) is 11.3 Å². The lowest BCUT2D eigenvalue weighted by Crippen LogP contribution is -2.48. The summed E-state index contributed by atoms with van der Waals surface area (Å²) in [4.78, 5) is 33.9. The molecule has 9 heteroatoms. The normalized spacial score (nSPS) is 17.4. The molecule has 132 valence electrons. The van der Waals surface area contributed by atoms with Gasteiger partial charge in [0.1, 0.15) is 0 Å². The Hall–Kier alpha value is -2.81. The molecule has 2 aromatic rings. The van der Waals surface area contributed by atoms with Crippen LogP contribution < -0.4 is 10.5 Å². The smallest absolute Gasteiger partial charge is 0.336 e. The molecule has 0 N–H and O–H groups in total. The van der Waals surface area contributed by atoms with Crippen molar-refractivity contribution in [2.24, 2.45) is 7.05 Å². The van der Waals surface area contributed by atoms with Gasteiger partial charge in [0.25, 0.3) is 5.56 Å². The fraction of sp³-hybridized carbons (Fsp3) is 0.375. The minimum absolute atomic E-state index is 0.187. The summed E-state index contributed by atoms with van der Waals surface area (Å²) in [6, 6.07) is 2.72. The second kappa shape index (κ2) is 6.98. The average molecular weight is 348 g/mol. The Morgan fingerprint density at radius 1 is 1.48 bits per heavy atom. The van der Waals surface area contributed by atoms with Crippen molar-refractivity contribution in [1.29, 1.82) is 0 Å². The van der Waals surface area contributed by atoms with Crippen LogP contribution in [0.1, 0.15) is 0 Å². The largest absolute Gasteiger partial charge is 0.467 e. The number of hydrogen-bond acceptors (Lipinski definition) is 7. The molecule has 1 aliphatic heterocycles. The van der Waals surface area contributed by atoms with Crippen molar-refractivity contribution in [2.45, 2.75) is 6.10 Å². The van der Waals surface area contributed by atoms with Gasteiger partial charge in [-0.25, -0.2) is 14.2 Å². The van der Waals surface area contributed by atoms with Crippen LogP contribution in [0, 0.1) is 5.82 Å². The van der Waals surface area contributed by atoms with Crippen molar-refractivity contribution < 1.29 is 18.7 Å². The van der Waals surface area contributed by atoms with Crippen LogP contribution in [0.2, 0.25) is 0 Å². The Labute approximate surface area is 142 Å². The highest BCUT2D eigenvalue weighted by atomic mass is 19.1. The predicted molar refractivity (Wildman–Crippen MR) is 86.6 cm³/mol. The van der Waals surface area contributed by atoms with Crippen molar-refractivity contribution in [3.05, 3.63) is 40.7 Å². The summed E-state index contributed by atoms with van der Waals surface area (Å²) >= 11 is 0. The number of pyridine rings is 1. The summed E-state index contributed by atoms with van der Waals surface area (Å²) in [5, 5.41) is 0. The van der Waals surface area contributed by atoms with Gasteiger partial charge in [-0.2, -0.15) is 0 Å². The molecule has 1 unspecified atom stereocenters. The summed E-state index contributed by atoms with van der Waals surface area (Å²) in [5.41, 5.74) is 0.0585. The van der Waals surface area contributed by atoms with E-state index in [-0.39, 0.29) is 30.0 Å². The van der Waals surface area contributed by atoms with Gasteiger partial charge in [0.05, 0.1) is 32.2 Å². The first kappa shape index (κ1) is 17.0. The van der Waals surface area contributed by atoms with E-state index >= 15 is 0 Å². The maximum atomic E-state index is 14.0. The highest BCUT2D eigenvalue weighted by Crippen LogP contribution is 2.22. The predicted octanol–water partition coefficient (Wildman–Crippen LogP) is 0.360. The van der Waals surface area contributed by atoms with E-state index in [1.165, 1.54) is 30.0 Å². The van der Waals surface area contributed by atoms with Crippen LogP contribution in [0.25, 0.3) is 11.3 Å². The number of esters is 1. The van der Waals surface area contributed by atoms with Gasteiger partial charge in [-0.3, -0.25) is 14.3 Å². The standard InChI is InChI=1S/C16H17FN4O4/c1-20-14(22)7-12(10-3-4-18-8-11(10)17)19-16(20)21-5-6-25-13(9-21)15(23)24-2/h3-4,7-8,13H,5-6,9H2,1-2H3. The van der Waals surface area contributed by atoms with E-state index < -0.39 is 17.9 Å². The molecule has 2 aromatic heterocycles. The van der Waals surface area contributed by atoms with Crippen LogP contribution in [0.5, 0.6) is 0 Å². The fourth-order valence-electron chi connectivity index (χ4n) is 2.64. The molecule has 0 bridgehead atoms. The van der Waals surface area contributed by atoms with Gasteiger partial charge in [0.15, 0.2) is 11.9 Å². The molecule has 1 aliphatic rings.